The van der Waals surface area contributed by atoms with Gasteiger partial charge in [-0.15, -0.1) is 0 Å². The van der Waals surface area contributed by atoms with Crippen LogP contribution in [0, 0.1) is 13.8 Å². The van der Waals surface area contributed by atoms with E-state index in [2.05, 4.69) is 66.6 Å². The van der Waals surface area contributed by atoms with Gasteiger partial charge < -0.3 is 5.32 Å². The summed E-state index contributed by atoms with van der Waals surface area (Å²) in [7, 11) is 0. The van der Waals surface area contributed by atoms with E-state index in [0.717, 1.165) is 30.8 Å². The van der Waals surface area contributed by atoms with Crippen LogP contribution < -0.4 is 5.32 Å². The monoisotopic (exact) mass is 283 g/mol. The molecule has 0 fully saturated rings. The molecule has 1 unspecified atom stereocenters. The van der Waals surface area contributed by atoms with E-state index in [4.69, 9.17) is 0 Å². The largest absolute Gasteiger partial charge is 0.306 e. The van der Waals surface area contributed by atoms with E-state index in [1.807, 2.05) is 6.92 Å². The van der Waals surface area contributed by atoms with Crippen molar-refractivity contribution in [2.75, 3.05) is 6.54 Å². The van der Waals surface area contributed by atoms with Crippen molar-refractivity contribution in [3.8, 4) is 0 Å². The topological polar surface area (TPSA) is 37.8 Å². The molecule has 1 aromatic carbocycles. The van der Waals surface area contributed by atoms with Crippen LogP contribution in [-0.4, -0.2) is 16.7 Å². The Hall–Kier alpha value is -1.74. The Labute approximate surface area is 127 Å². The molecule has 1 aromatic heterocycles. The molecular weight excluding hydrogens is 258 g/mol. The van der Waals surface area contributed by atoms with Gasteiger partial charge in [0.25, 0.3) is 0 Å². The van der Waals surface area contributed by atoms with Crippen LogP contribution in [0.5, 0.6) is 0 Å². The smallest absolute Gasteiger partial charge is 0.0679 e. The third-order valence-corrected chi connectivity index (χ3v) is 3.77. The Morgan fingerprint density at radius 2 is 1.81 bits per heavy atom. The van der Waals surface area contributed by atoms with Crippen molar-refractivity contribution < 1.29 is 0 Å². The fraction of sp³-hybridized carbons (Fsp3) is 0.444. The molecule has 21 heavy (non-hydrogen) atoms. The van der Waals surface area contributed by atoms with Crippen LogP contribution >= 0.6 is 0 Å². The summed E-state index contributed by atoms with van der Waals surface area (Å²) in [6.07, 6.45) is 2.01. The zero-order chi connectivity index (χ0) is 15.2. The molecule has 1 atom stereocenters. The van der Waals surface area contributed by atoms with Crippen molar-refractivity contribution in [1.82, 2.24) is 15.5 Å². The average molecular weight is 283 g/mol. The lowest BCUT2D eigenvalue weighted by atomic mass is 9.93. The van der Waals surface area contributed by atoms with Gasteiger partial charge in [-0.25, -0.2) is 0 Å². The predicted octanol–water partition coefficient (Wildman–Crippen LogP) is 3.74. The van der Waals surface area contributed by atoms with Gasteiger partial charge in [0.1, 0.15) is 0 Å². The number of aromatic nitrogens is 2. The van der Waals surface area contributed by atoms with Gasteiger partial charge >= 0.3 is 0 Å². The number of hydrogen-bond donors (Lipinski definition) is 1. The Bertz CT molecular complexity index is 593. The first-order chi connectivity index (χ1) is 10.2. The van der Waals surface area contributed by atoms with Crippen LogP contribution in [0.15, 0.2) is 30.3 Å². The highest BCUT2D eigenvalue weighted by Gasteiger charge is 2.19. The van der Waals surface area contributed by atoms with Crippen molar-refractivity contribution >= 4 is 0 Å². The highest BCUT2D eigenvalue weighted by molar-refractivity contribution is 5.38. The summed E-state index contributed by atoms with van der Waals surface area (Å²) in [5.41, 5.74) is 5.94. The summed E-state index contributed by atoms with van der Waals surface area (Å²) in [4.78, 5) is 0. The maximum absolute atomic E-state index is 4.39. The molecule has 0 aliphatic carbocycles. The molecule has 1 N–H and O–H groups in total. The summed E-state index contributed by atoms with van der Waals surface area (Å²) >= 11 is 0. The summed E-state index contributed by atoms with van der Waals surface area (Å²) in [6.45, 7) is 9.49. The molecule has 0 saturated carbocycles. The van der Waals surface area contributed by atoms with Crippen molar-refractivity contribution in [2.45, 2.75) is 46.6 Å². The Kier molecular flexibility index (Phi) is 5.45. The first-order valence-corrected chi connectivity index (χ1v) is 7.79. The van der Waals surface area contributed by atoms with Gasteiger partial charge in [0, 0.05) is 0 Å². The van der Waals surface area contributed by atoms with Crippen LogP contribution in [0.4, 0.5) is 0 Å². The zero-order valence-electron chi connectivity index (χ0n) is 13.5. The molecule has 1 heterocycles. The van der Waals surface area contributed by atoms with E-state index in [9.17, 15) is 0 Å². The second kappa shape index (κ2) is 7.32. The fourth-order valence-corrected chi connectivity index (χ4v) is 2.65. The molecule has 112 valence electrons. The molecule has 0 bridgehead atoms. The van der Waals surface area contributed by atoms with E-state index >= 15 is 0 Å². The van der Waals surface area contributed by atoms with Gasteiger partial charge in [0.2, 0.25) is 0 Å². The minimum Gasteiger partial charge on any atom is -0.306 e. The van der Waals surface area contributed by atoms with Crippen molar-refractivity contribution in [3.05, 3.63) is 58.4 Å². The minimum atomic E-state index is 0.190. The summed E-state index contributed by atoms with van der Waals surface area (Å²) < 4.78 is 0. The standard InChI is InChI=1S/C18H25N3/c1-5-11-19-18(15-10-8-7-9-13(15)3)16-12-14(4)20-21-17(16)6-2/h7-10,12,18-19H,5-6,11H2,1-4H3. The maximum Gasteiger partial charge on any atom is 0.0679 e. The van der Waals surface area contributed by atoms with Crippen LogP contribution in [0.25, 0.3) is 0 Å². The zero-order valence-corrected chi connectivity index (χ0v) is 13.5. The number of aryl methyl sites for hydroxylation is 3. The molecular formula is C18H25N3. The van der Waals surface area contributed by atoms with Crippen LogP contribution in [0.2, 0.25) is 0 Å². The Balaban J connectivity index is 2.50. The molecule has 0 radical (unpaired) electrons. The molecule has 0 saturated heterocycles. The highest BCUT2D eigenvalue weighted by atomic mass is 15.1. The number of nitrogens with zero attached hydrogens (tertiary/aromatic N) is 2. The second-order valence-corrected chi connectivity index (χ2v) is 5.49. The van der Waals surface area contributed by atoms with Gasteiger partial charge in [0.15, 0.2) is 0 Å². The van der Waals surface area contributed by atoms with Crippen LogP contribution in [0.1, 0.15) is 54.4 Å². The predicted molar refractivity (Wildman–Crippen MR) is 87.5 cm³/mol. The van der Waals surface area contributed by atoms with Gasteiger partial charge in [-0.05, 0) is 56.0 Å². The van der Waals surface area contributed by atoms with Crippen molar-refractivity contribution in [2.24, 2.45) is 0 Å². The SMILES string of the molecule is CCCNC(c1ccccc1C)c1cc(C)nnc1CC. The Morgan fingerprint density at radius 1 is 1.05 bits per heavy atom. The number of benzene rings is 1. The second-order valence-electron chi connectivity index (χ2n) is 5.49. The first-order valence-electron chi connectivity index (χ1n) is 7.79. The van der Waals surface area contributed by atoms with Gasteiger partial charge in [-0.1, -0.05) is 38.1 Å². The van der Waals surface area contributed by atoms with E-state index in [1.165, 1.54) is 16.7 Å². The van der Waals surface area contributed by atoms with Gasteiger partial charge in [0.05, 0.1) is 17.4 Å². The van der Waals surface area contributed by atoms with E-state index in [0.29, 0.717) is 0 Å². The molecule has 0 aliphatic heterocycles. The Morgan fingerprint density at radius 3 is 2.48 bits per heavy atom. The molecule has 3 nitrogen and oxygen atoms in total. The summed E-state index contributed by atoms with van der Waals surface area (Å²) in [5, 5.41) is 12.3. The average Bonchev–Trinajstić information content (AvgIpc) is 2.49. The number of hydrogen-bond acceptors (Lipinski definition) is 3. The maximum atomic E-state index is 4.39. The van der Waals surface area contributed by atoms with Crippen molar-refractivity contribution in [1.29, 1.82) is 0 Å². The lowest BCUT2D eigenvalue weighted by Crippen LogP contribution is -2.25. The van der Waals surface area contributed by atoms with E-state index in [-0.39, 0.29) is 6.04 Å². The molecule has 3 heteroatoms. The third-order valence-electron chi connectivity index (χ3n) is 3.77. The highest BCUT2D eigenvalue weighted by Crippen LogP contribution is 2.27. The van der Waals surface area contributed by atoms with Crippen LogP contribution in [0.3, 0.4) is 0 Å². The molecule has 2 rings (SSSR count). The van der Waals surface area contributed by atoms with Gasteiger partial charge in [-0.2, -0.15) is 10.2 Å². The minimum absolute atomic E-state index is 0.190. The normalized spacial score (nSPS) is 12.4. The summed E-state index contributed by atoms with van der Waals surface area (Å²) in [5.74, 6) is 0. The molecule has 0 amide bonds. The number of rotatable bonds is 6. The molecule has 0 spiro atoms. The third kappa shape index (κ3) is 3.67. The quantitative estimate of drug-likeness (QED) is 0.877. The summed E-state index contributed by atoms with van der Waals surface area (Å²) in [6, 6.07) is 10.9. The van der Waals surface area contributed by atoms with Crippen LogP contribution in [-0.2, 0) is 6.42 Å². The van der Waals surface area contributed by atoms with E-state index < -0.39 is 0 Å². The molecule has 0 aliphatic rings. The first kappa shape index (κ1) is 15.6. The lowest BCUT2D eigenvalue weighted by molar-refractivity contribution is 0.586. The lowest BCUT2D eigenvalue weighted by Gasteiger charge is -2.23. The van der Waals surface area contributed by atoms with Crippen molar-refractivity contribution in [3.63, 3.8) is 0 Å². The number of nitrogens with one attached hydrogen (secondary N) is 1. The van der Waals surface area contributed by atoms with E-state index in [1.54, 1.807) is 0 Å². The van der Waals surface area contributed by atoms with Gasteiger partial charge in [-0.3, -0.25) is 0 Å². The fourth-order valence-electron chi connectivity index (χ4n) is 2.65. The molecule has 2 aromatic rings.